The topological polar surface area (TPSA) is 71.4 Å². The van der Waals surface area contributed by atoms with Gasteiger partial charge in [0, 0.05) is 34.9 Å². The molecule has 1 aliphatic heterocycles. The highest BCUT2D eigenvalue weighted by Gasteiger charge is 2.42. The standard InChI is InChI=1S/C31H32ClN5O2S/c1-18(2)30(38)34-26-14-11-22(17-25(26)32)37-29(28(35-31(37)40)27-8-6-7-15-33-27)24-16-19(3)36(20(24)4)21-9-12-23(39-5)13-10-21/h6-18,28-29H,1-5H3,(H,34,38)(H,35,40)/t28-,29-/m0/s1. The summed E-state index contributed by atoms with van der Waals surface area (Å²) in [5.41, 5.74) is 6.63. The Labute approximate surface area is 245 Å². The number of benzene rings is 2. The van der Waals surface area contributed by atoms with Crippen molar-refractivity contribution in [2.24, 2.45) is 5.92 Å². The number of methoxy groups -OCH3 is 1. The van der Waals surface area contributed by atoms with Crippen molar-refractivity contribution in [2.45, 2.75) is 39.8 Å². The molecule has 2 aromatic heterocycles. The first-order chi connectivity index (χ1) is 19.2. The lowest BCUT2D eigenvalue weighted by molar-refractivity contribution is -0.118. The number of halogens is 1. The molecule has 1 aliphatic rings. The number of nitrogens with zero attached hydrogens (tertiary/aromatic N) is 3. The van der Waals surface area contributed by atoms with Gasteiger partial charge in [-0.15, -0.1) is 0 Å². The number of amides is 1. The Morgan fingerprint density at radius 1 is 1.07 bits per heavy atom. The normalized spacial score (nSPS) is 16.8. The molecule has 5 rings (SSSR count). The van der Waals surface area contributed by atoms with Gasteiger partial charge in [0.05, 0.1) is 35.6 Å². The molecule has 2 atom stereocenters. The van der Waals surface area contributed by atoms with E-state index < -0.39 is 0 Å². The first kappa shape index (κ1) is 27.7. The van der Waals surface area contributed by atoms with Gasteiger partial charge in [-0.05, 0) is 92.3 Å². The molecular weight excluding hydrogens is 542 g/mol. The lowest BCUT2D eigenvalue weighted by Crippen LogP contribution is -2.29. The Kier molecular flexibility index (Phi) is 7.83. The summed E-state index contributed by atoms with van der Waals surface area (Å²) in [7, 11) is 1.67. The molecule has 206 valence electrons. The van der Waals surface area contributed by atoms with E-state index in [9.17, 15) is 4.79 Å². The van der Waals surface area contributed by atoms with Crippen LogP contribution in [0.4, 0.5) is 11.4 Å². The van der Waals surface area contributed by atoms with Crippen LogP contribution in [0.1, 0.15) is 48.6 Å². The second-order valence-corrected chi connectivity index (χ2v) is 11.0. The van der Waals surface area contributed by atoms with Crippen LogP contribution in [0, 0.1) is 19.8 Å². The third kappa shape index (κ3) is 5.17. The van der Waals surface area contributed by atoms with Gasteiger partial charge in [-0.1, -0.05) is 31.5 Å². The lowest BCUT2D eigenvalue weighted by Gasteiger charge is -2.28. The predicted octanol–water partition coefficient (Wildman–Crippen LogP) is 6.92. The van der Waals surface area contributed by atoms with Gasteiger partial charge < -0.3 is 24.8 Å². The molecule has 0 radical (unpaired) electrons. The van der Waals surface area contributed by atoms with Crippen LogP contribution in [0.15, 0.2) is 72.9 Å². The fourth-order valence-corrected chi connectivity index (χ4v) is 5.76. The molecule has 0 bridgehead atoms. The monoisotopic (exact) mass is 573 g/mol. The molecule has 0 saturated carbocycles. The first-order valence-corrected chi connectivity index (χ1v) is 13.9. The van der Waals surface area contributed by atoms with Gasteiger partial charge in [0.15, 0.2) is 5.11 Å². The van der Waals surface area contributed by atoms with E-state index in [0.29, 0.717) is 15.8 Å². The van der Waals surface area contributed by atoms with E-state index in [1.54, 1.807) is 13.3 Å². The van der Waals surface area contributed by atoms with E-state index in [0.717, 1.165) is 39.8 Å². The smallest absolute Gasteiger partial charge is 0.226 e. The van der Waals surface area contributed by atoms with Crippen molar-refractivity contribution in [3.05, 3.63) is 101 Å². The minimum absolute atomic E-state index is 0.0907. The molecule has 1 amide bonds. The highest BCUT2D eigenvalue weighted by Crippen LogP contribution is 2.44. The van der Waals surface area contributed by atoms with Gasteiger partial charge in [0.1, 0.15) is 5.75 Å². The molecule has 0 aliphatic carbocycles. The molecule has 4 aromatic rings. The minimum Gasteiger partial charge on any atom is -0.497 e. The van der Waals surface area contributed by atoms with Crippen LogP contribution in [0.25, 0.3) is 5.69 Å². The molecular formula is C31H32ClN5O2S. The number of hydrogen-bond acceptors (Lipinski definition) is 4. The molecule has 3 heterocycles. The molecule has 0 spiro atoms. The molecule has 2 aromatic carbocycles. The SMILES string of the molecule is COc1ccc(-n2c(C)cc([C@H]3[C@H](c4ccccn4)NC(=S)N3c3ccc(NC(=O)C(C)C)c(Cl)c3)c2C)cc1. The van der Waals surface area contributed by atoms with Crippen LogP contribution in [0.5, 0.6) is 5.75 Å². The van der Waals surface area contributed by atoms with Gasteiger partial charge in [0.25, 0.3) is 0 Å². The van der Waals surface area contributed by atoms with Crippen molar-refractivity contribution < 1.29 is 9.53 Å². The fraction of sp³-hybridized carbons (Fsp3) is 0.258. The Morgan fingerprint density at radius 3 is 2.42 bits per heavy atom. The van der Waals surface area contributed by atoms with Gasteiger partial charge in [-0.3, -0.25) is 9.78 Å². The fourth-order valence-electron chi connectivity index (χ4n) is 5.20. The summed E-state index contributed by atoms with van der Waals surface area (Å²) >= 11 is 12.6. The Balaban J connectivity index is 1.60. The maximum Gasteiger partial charge on any atom is 0.226 e. The summed E-state index contributed by atoms with van der Waals surface area (Å²) in [6.07, 6.45) is 1.80. The highest BCUT2D eigenvalue weighted by atomic mass is 35.5. The van der Waals surface area contributed by atoms with Crippen LogP contribution in [-0.2, 0) is 4.79 Å². The van der Waals surface area contributed by atoms with Gasteiger partial charge in [0.2, 0.25) is 5.91 Å². The number of aromatic nitrogens is 2. The zero-order valence-corrected chi connectivity index (χ0v) is 24.7. The molecule has 9 heteroatoms. The van der Waals surface area contributed by atoms with E-state index in [2.05, 4.69) is 57.1 Å². The summed E-state index contributed by atoms with van der Waals surface area (Å²) in [4.78, 5) is 19.1. The Hall–Kier alpha value is -3.88. The third-order valence-corrected chi connectivity index (χ3v) is 7.86. The number of carbonyl (C=O) groups excluding carboxylic acids is 1. The zero-order chi connectivity index (χ0) is 28.6. The molecule has 1 saturated heterocycles. The molecule has 2 N–H and O–H groups in total. The summed E-state index contributed by atoms with van der Waals surface area (Å²) in [5, 5.41) is 7.43. The first-order valence-electron chi connectivity index (χ1n) is 13.1. The van der Waals surface area contributed by atoms with Crippen molar-refractivity contribution in [2.75, 3.05) is 17.3 Å². The number of hydrogen-bond donors (Lipinski definition) is 2. The molecule has 0 unspecified atom stereocenters. The summed E-state index contributed by atoms with van der Waals surface area (Å²) in [6, 6.07) is 21.4. The van der Waals surface area contributed by atoms with Crippen LogP contribution in [0.2, 0.25) is 5.02 Å². The van der Waals surface area contributed by atoms with Crippen LogP contribution >= 0.6 is 23.8 Å². The molecule has 7 nitrogen and oxygen atoms in total. The number of anilines is 2. The number of ether oxygens (including phenoxy) is 1. The number of thiocarbonyl (C=S) groups is 1. The number of pyridine rings is 1. The van der Waals surface area contributed by atoms with Crippen molar-refractivity contribution >= 4 is 46.2 Å². The lowest BCUT2D eigenvalue weighted by atomic mass is 9.96. The Morgan fingerprint density at radius 2 is 1.80 bits per heavy atom. The number of nitrogens with one attached hydrogen (secondary N) is 2. The van der Waals surface area contributed by atoms with Crippen LogP contribution in [-0.4, -0.2) is 27.7 Å². The Bertz CT molecular complexity index is 1550. The number of aryl methyl sites for hydroxylation is 1. The number of rotatable bonds is 7. The van der Waals surface area contributed by atoms with Gasteiger partial charge in [-0.25, -0.2) is 0 Å². The van der Waals surface area contributed by atoms with E-state index in [1.807, 2.05) is 62.4 Å². The predicted molar refractivity (Wildman–Crippen MR) is 165 cm³/mol. The van der Waals surface area contributed by atoms with Crippen molar-refractivity contribution in [1.29, 1.82) is 0 Å². The average Bonchev–Trinajstić information content (AvgIpc) is 3.44. The van der Waals surface area contributed by atoms with E-state index >= 15 is 0 Å². The van der Waals surface area contributed by atoms with Crippen LogP contribution in [0.3, 0.4) is 0 Å². The second-order valence-electron chi connectivity index (χ2n) is 10.2. The molecule has 1 fully saturated rings. The minimum atomic E-state index is -0.201. The van der Waals surface area contributed by atoms with Gasteiger partial charge >= 0.3 is 0 Å². The summed E-state index contributed by atoms with van der Waals surface area (Å²) in [5.74, 6) is 0.561. The van der Waals surface area contributed by atoms with E-state index in [1.165, 1.54) is 0 Å². The highest BCUT2D eigenvalue weighted by molar-refractivity contribution is 7.80. The quantitative estimate of drug-likeness (QED) is 0.234. The maximum atomic E-state index is 12.3. The van der Waals surface area contributed by atoms with Crippen molar-refractivity contribution in [3.8, 4) is 11.4 Å². The summed E-state index contributed by atoms with van der Waals surface area (Å²) < 4.78 is 7.60. The number of carbonyl (C=O) groups is 1. The van der Waals surface area contributed by atoms with Crippen LogP contribution < -0.4 is 20.3 Å². The average molecular weight is 574 g/mol. The molecule has 40 heavy (non-hydrogen) atoms. The maximum absolute atomic E-state index is 12.3. The largest absolute Gasteiger partial charge is 0.497 e. The van der Waals surface area contributed by atoms with E-state index in [4.69, 9.17) is 28.6 Å². The van der Waals surface area contributed by atoms with Gasteiger partial charge in [-0.2, -0.15) is 0 Å². The zero-order valence-electron chi connectivity index (χ0n) is 23.1. The summed E-state index contributed by atoms with van der Waals surface area (Å²) in [6.45, 7) is 7.91. The van der Waals surface area contributed by atoms with E-state index in [-0.39, 0.29) is 23.9 Å². The van der Waals surface area contributed by atoms with Crippen molar-refractivity contribution in [3.63, 3.8) is 0 Å². The van der Waals surface area contributed by atoms with Crippen molar-refractivity contribution in [1.82, 2.24) is 14.9 Å². The second kappa shape index (κ2) is 11.3. The third-order valence-electron chi connectivity index (χ3n) is 7.23.